The third-order valence-corrected chi connectivity index (χ3v) is 3.71. The fourth-order valence-electron chi connectivity index (χ4n) is 1.53. The van der Waals surface area contributed by atoms with E-state index < -0.39 is 0 Å². The summed E-state index contributed by atoms with van der Waals surface area (Å²) in [5, 5.41) is 0.744. The summed E-state index contributed by atoms with van der Waals surface area (Å²) >= 11 is 9.66. The van der Waals surface area contributed by atoms with Crippen LogP contribution < -0.4 is 0 Å². The Morgan fingerprint density at radius 3 is 2.38 bits per heavy atom. The third-order valence-electron chi connectivity index (χ3n) is 2.41. The number of benzene rings is 2. The van der Waals surface area contributed by atoms with Crippen LogP contribution in [0.4, 0.5) is 0 Å². The maximum absolute atomic E-state index is 6.23. The van der Waals surface area contributed by atoms with Crippen molar-refractivity contribution in [2.75, 3.05) is 0 Å². The molecular formula is C14H10BrCl. The number of halogens is 2. The number of rotatable bonds is 2. The Balaban J connectivity index is 2.50. The lowest BCUT2D eigenvalue weighted by Crippen LogP contribution is -1.81. The smallest absolute Gasteiger partial charge is 0.0626 e. The molecule has 0 fully saturated rings. The van der Waals surface area contributed by atoms with Gasteiger partial charge in [0.25, 0.3) is 0 Å². The van der Waals surface area contributed by atoms with E-state index in [9.17, 15) is 0 Å². The second-order valence-electron chi connectivity index (χ2n) is 3.43. The molecule has 16 heavy (non-hydrogen) atoms. The second kappa shape index (κ2) is 4.86. The van der Waals surface area contributed by atoms with E-state index in [2.05, 4.69) is 22.5 Å². The molecular weight excluding hydrogens is 284 g/mol. The minimum absolute atomic E-state index is 0.744. The quantitative estimate of drug-likeness (QED) is 0.694. The third kappa shape index (κ3) is 2.21. The van der Waals surface area contributed by atoms with Gasteiger partial charge in [0, 0.05) is 10.0 Å². The van der Waals surface area contributed by atoms with Crippen molar-refractivity contribution < 1.29 is 0 Å². The van der Waals surface area contributed by atoms with Crippen molar-refractivity contribution in [1.82, 2.24) is 0 Å². The van der Waals surface area contributed by atoms with Crippen LogP contribution in [0.2, 0.25) is 5.02 Å². The zero-order chi connectivity index (χ0) is 11.5. The van der Waals surface area contributed by atoms with Crippen molar-refractivity contribution >= 4 is 33.6 Å². The van der Waals surface area contributed by atoms with Gasteiger partial charge in [-0.2, -0.15) is 0 Å². The monoisotopic (exact) mass is 292 g/mol. The lowest BCUT2D eigenvalue weighted by molar-refractivity contribution is 1.58. The summed E-state index contributed by atoms with van der Waals surface area (Å²) in [4.78, 5) is 0. The highest BCUT2D eigenvalue weighted by Crippen LogP contribution is 2.33. The van der Waals surface area contributed by atoms with Crippen molar-refractivity contribution in [1.29, 1.82) is 0 Å². The van der Waals surface area contributed by atoms with Crippen molar-refractivity contribution in [2.24, 2.45) is 0 Å². The van der Waals surface area contributed by atoms with E-state index in [1.54, 1.807) is 0 Å². The number of hydrogen-bond donors (Lipinski definition) is 0. The van der Waals surface area contributed by atoms with Crippen LogP contribution in [0.5, 0.6) is 0 Å². The summed E-state index contributed by atoms with van der Waals surface area (Å²) in [5.41, 5.74) is 3.25. The topological polar surface area (TPSA) is 0 Å². The standard InChI is InChI=1S/C14H10BrCl/c1-2-10-6-8-11(9-7-10)12-4-3-5-13(15)14(12)16/h2-9H,1H2. The van der Waals surface area contributed by atoms with Gasteiger partial charge in [-0.05, 0) is 33.1 Å². The molecule has 2 aromatic carbocycles. The molecule has 0 amide bonds. The van der Waals surface area contributed by atoms with Crippen molar-refractivity contribution in [3.05, 3.63) is 64.1 Å². The van der Waals surface area contributed by atoms with Crippen LogP contribution in [-0.4, -0.2) is 0 Å². The molecule has 0 atom stereocenters. The van der Waals surface area contributed by atoms with Gasteiger partial charge in [-0.1, -0.05) is 60.7 Å². The summed E-state index contributed by atoms with van der Waals surface area (Å²) in [6.45, 7) is 3.73. The average Bonchev–Trinajstić information content (AvgIpc) is 2.33. The highest BCUT2D eigenvalue weighted by Gasteiger charge is 2.05. The van der Waals surface area contributed by atoms with Crippen molar-refractivity contribution in [3.63, 3.8) is 0 Å². The van der Waals surface area contributed by atoms with E-state index in [1.165, 1.54) is 0 Å². The molecule has 0 aliphatic rings. The molecule has 0 aromatic heterocycles. The molecule has 2 heteroatoms. The van der Waals surface area contributed by atoms with Gasteiger partial charge >= 0.3 is 0 Å². The first-order valence-electron chi connectivity index (χ1n) is 4.89. The molecule has 0 saturated heterocycles. The zero-order valence-electron chi connectivity index (χ0n) is 8.58. The van der Waals surface area contributed by atoms with Gasteiger partial charge in [-0.15, -0.1) is 0 Å². The van der Waals surface area contributed by atoms with E-state index in [-0.39, 0.29) is 0 Å². The van der Waals surface area contributed by atoms with Crippen LogP contribution in [0.15, 0.2) is 53.5 Å². The normalized spacial score (nSPS) is 10.1. The van der Waals surface area contributed by atoms with E-state index >= 15 is 0 Å². The van der Waals surface area contributed by atoms with Gasteiger partial charge in [0.1, 0.15) is 0 Å². The van der Waals surface area contributed by atoms with Gasteiger partial charge in [0.05, 0.1) is 5.02 Å². The largest absolute Gasteiger partial charge is 0.0985 e. The molecule has 0 aliphatic carbocycles. The highest BCUT2D eigenvalue weighted by molar-refractivity contribution is 9.10. The predicted molar refractivity (Wildman–Crippen MR) is 74.7 cm³/mol. The van der Waals surface area contributed by atoms with Gasteiger partial charge in [0.2, 0.25) is 0 Å². The van der Waals surface area contributed by atoms with Gasteiger partial charge in [-0.3, -0.25) is 0 Å². The SMILES string of the molecule is C=Cc1ccc(-c2cccc(Br)c2Cl)cc1. The van der Waals surface area contributed by atoms with Crippen LogP contribution in [0.3, 0.4) is 0 Å². The minimum atomic E-state index is 0.744. The van der Waals surface area contributed by atoms with E-state index in [0.717, 1.165) is 26.2 Å². The molecule has 0 aliphatic heterocycles. The Kier molecular flexibility index (Phi) is 3.47. The molecule has 2 rings (SSSR count). The molecule has 0 radical (unpaired) electrons. The van der Waals surface area contributed by atoms with Crippen LogP contribution in [0.25, 0.3) is 17.2 Å². The lowest BCUT2D eigenvalue weighted by atomic mass is 10.0. The highest BCUT2D eigenvalue weighted by atomic mass is 79.9. The summed E-state index contributed by atoms with van der Waals surface area (Å²) in [6.07, 6.45) is 1.83. The van der Waals surface area contributed by atoms with Gasteiger partial charge in [0.15, 0.2) is 0 Å². The van der Waals surface area contributed by atoms with Crippen LogP contribution >= 0.6 is 27.5 Å². The zero-order valence-corrected chi connectivity index (χ0v) is 10.9. The Morgan fingerprint density at radius 1 is 1.06 bits per heavy atom. The predicted octanol–water partition coefficient (Wildman–Crippen LogP) is 5.41. The van der Waals surface area contributed by atoms with Crippen molar-refractivity contribution in [3.8, 4) is 11.1 Å². The summed E-state index contributed by atoms with van der Waals surface area (Å²) in [5.74, 6) is 0. The first-order chi connectivity index (χ1) is 7.72. The van der Waals surface area contributed by atoms with E-state index in [4.69, 9.17) is 11.6 Å². The Bertz CT molecular complexity index is 515. The first kappa shape index (κ1) is 11.4. The Hall–Kier alpha value is -1.05. The average molecular weight is 294 g/mol. The molecule has 0 unspecified atom stereocenters. The van der Waals surface area contributed by atoms with Crippen LogP contribution in [0.1, 0.15) is 5.56 Å². The minimum Gasteiger partial charge on any atom is -0.0985 e. The lowest BCUT2D eigenvalue weighted by Gasteiger charge is -2.06. The maximum Gasteiger partial charge on any atom is 0.0626 e. The van der Waals surface area contributed by atoms with Gasteiger partial charge < -0.3 is 0 Å². The second-order valence-corrected chi connectivity index (χ2v) is 4.66. The molecule has 0 spiro atoms. The summed E-state index contributed by atoms with van der Waals surface area (Å²) in [7, 11) is 0. The molecule has 2 aromatic rings. The van der Waals surface area contributed by atoms with Crippen LogP contribution in [-0.2, 0) is 0 Å². The fourth-order valence-corrected chi connectivity index (χ4v) is 2.13. The first-order valence-corrected chi connectivity index (χ1v) is 6.06. The maximum atomic E-state index is 6.23. The molecule has 0 saturated carbocycles. The summed E-state index contributed by atoms with van der Waals surface area (Å²) in [6, 6.07) is 14.1. The molecule has 0 N–H and O–H groups in total. The molecule has 0 nitrogen and oxygen atoms in total. The van der Waals surface area contributed by atoms with Crippen molar-refractivity contribution in [2.45, 2.75) is 0 Å². The van der Waals surface area contributed by atoms with Crippen LogP contribution in [0, 0.1) is 0 Å². The Morgan fingerprint density at radius 2 is 1.75 bits per heavy atom. The molecule has 0 heterocycles. The number of hydrogen-bond acceptors (Lipinski definition) is 0. The molecule has 0 bridgehead atoms. The van der Waals surface area contributed by atoms with E-state index in [0.29, 0.717) is 0 Å². The van der Waals surface area contributed by atoms with E-state index in [1.807, 2.05) is 48.5 Å². The fraction of sp³-hybridized carbons (Fsp3) is 0. The summed E-state index contributed by atoms with van der Waals surface area (Å²) < 4.78 is 0.916. The van der Waals surface area contributed by atoms with Gasteiger partial charge in [-0.25, -0.2) is 0 Å². The Labute approximate surface area is 109 Å². The molecule has 80 valence electrons.